The van der Waals surface area contributed by atoms with Crippen molar-refractivity contribution in [3.63, 3.8) is 0 Å². The van der Waals surface area contributed by atoms with Crippen LogP contribution >= 0.6 is 11.6 Å². The molecule has 0 saturated carbocycles. The number of carbonyl (C=O) groups excluding carboxylic acids is 1. The van der Waals surface area contributed by atoms with Crippen LogP contribution in [0.25, 0.3) is 6.08 Å². The van der Waals surface area contributed by atoms with E-state index in [9.17, 15) is 4.79 Å². The Morgan fingerprint density at radius 2 is 2.27 bits per heavy atom. The molecule has 0 unspecified atom stereocenters. The van der Waals surface area contributed by atoms with Gasteiger partial charge in [0.05, 0.1) is 12.8 Å². The van der Waals surface area contributed by atoms with Gasteiger partial charge < -0.3 is 14.5 Å². The van der Waals surface area contributed by atoms with Crippen molar-refractivity contribution < 1.29 is 13.9 Å². The minimum atomic E-state index is -0.186. The standard InChI is InChI=1S/C17H14ClNO3/c18-14-4-5-16-13(9-14)8-12(11-22-16)3-6-17(20)19-10-15-2-1-7-21-15/h1-9H,10-11H2,(H,19,20)/b6-3+. The third-order valence-electron chi connectivity index (χ3n) is 3.17. The summed E-state index contributed by atoms with van der Waals surface area (Å²) in [4.78, 5) is 11.8. The van der Waals surface area contributed by atoms with E-state index >= 15 is 0 Å². The Balaban J connectivity index is 1.61. The Hall–Kier alpha value is -2.46. The van der Waals surface area contributed by atoms with Crippen LogP contribution in [-0.2, 0) is 11.3 Å². The molecule has 3 rings (SSSR count). The zero-order valence-corrected chi connectivity index (χ0v) is 12.5. The maximum absolute atomic E-state index is 11.8. The van der Waals surface area contributed by atoms with Crippen LogP contribution in [0.4, 0.5) is 0 Å². The summed E-state index contributed by atoms with van der Waals surface area (Å²) in [6.45, 7) is 0.792. The fourth-order valence-electron chi connectivity index (χ4n) is 2.09. The van der Waals surface area contributed by atoms with Crippen LogP contribution in [0.1, 0.15) is 11.3 Å². The molecule has 4 nitrogen and oxygen atoms in total. The lowest BCUT2D eigenvalue weighted by molar-refractivity contribution is -0.116. The average Bonchev–Trinajstić information content (AvgIpc) is 3.04. The van der Waals surface area contributed by atoms with E-state index in [0.717, 1.165) is 16.9 Å². The summed E-state index contributed by atoms with van der Waals surface area (Å²) in [6, 6.07) is 9.05. The van der Waals surface area contributed by atoms with Gasteiger partial charge >= 0.3 is 0 Å². The van der Waals surface area contributed by atoms with Crippen LogP contribution in [0, 0.1) is 0 Å². The molecule has 0 aliphatic carbocycles. The van der Waals surface area contributed by atoms with Crippen molar-refractivity contribution in [2.24, 2.45) is 0 Å². The summed E-state index contributed by atoms with van der Waals surface area (Å²) in [5.74, 6) is 1.32. The van der Waals surface area contributed by atoms with Crippen LogP contribution in [0.15, 0.2) is 58.7 Å². The first-order valence-corrected chi connectivity index (χ1v) is 7.20. The molecule has 2 heterocycles. The highest BCUT2D eigenvalue weighted by molar-refractivity contribution is 6.30. The van der Waals surface area contributed by atoms with Gasteiger partial charge in [-0.25, -0.2) is 0 Å². The number of hydrogen-bond donors (Lipinski definition) is 1. The molecule has 1 N–H and O–H groups in total. The molecule has 1 aromatic carbocycles. The highest BCUT2D eigenvalue weighted by atomic mass is 35.5. The zero-order chi connectivity index (χ0) is 15.4. The quantitative estimate of drug-likeness (QED) is 0.877. The lowest BCUT2D eigenvalue weighted by Crippen LogP contribution is -2.20. The van der Waals surface area contributed by atoms with E-state index in [-0.39, 0.29) is 5.91 Å². The fraction of sp³-hybridized carbons (Fsp3) is 0.118. The van der Waals surface area contributed by atoms with Gasteiger partial charge in [-0.15, -0.1) is 0 Å². The van der Waals surface area contributed by atoms with Crippen LogP contribution in [0.5, 0.6) is 5.75 Å². The first-order valence-electron chi connectivity index (χ1n) is 6.82. The van der Waals surface area contributed by atoms with Crippen LogP contribution in [-0.4, -0.2) is 12.5 Å². The average molecular weight is 316 g/mol. The van der Waals surface area contributed by atoms with Gasteiger partial charge in [0, 0.05) is 16.7 Å². The number of amides is 1. The van der Waals surface area contributed by atoms with Crippen molar-refractivity contribution in [2.45, 2.75) is 6.54 Å². The topological polar surface area (TPSA) is 51.5 Å². The molecular formula is C17H14ClNO3. The molecule has 0 fully saturated rings. The second-order valence-electron chi connectivity index (χ2n) is 4.82. The molecule has 22 heavy (non-hydrogen) atoms. The van der Waals surface area contributed by atoms with Crippen molar-refractivity contribution >= 4 is 23.6 Å². The first-order chi connectivity index (χ1) is 10.7. The minimum Gasteiger partial charge on any atom is -0.488 e. The molecule has 1 aromatic heterocycles. The van der Waals surface area contributed by atoms with Crippen molar-refractivity contribution in [1.82, 2.24) is 5.32 Å². The second-order valence-corrected chi connectivity index (χ2v) is 5.26. The lowest BCUT2D eigenvalue weighted by Gasteiger charge is -2.16. The summed E-state index contributed by atoms with van der Waals surface area (Å²) in [6.07, 6.45) is 6.75. The maximum atomic E-state index is 11.8. The summed E-state index contributed by atoms with van der Waals surface area (Å²) >= 11 is 5.97. The molecule has 0 bridgehead atoms. The summed E-state index contributed by atoms with van der Waals surface area (Å²) < 4.78 is 10.8. The molecular weight excluding hydrogens is 302 g/mol. The molecule has 0 saturated heterocycles. The van der Waals surface area contributed by atoms with E-state index in [1.54, 1.807) is 24.5 Å². The van der Waals surface area contributed by atoms with Gasteiger partial charge in [-0.3, -0.25) is 4.79 Å². The number of furan rings is 1. The monoisotopic (exact) mass is 315 g/mol. The summed E-state index contributed by atoms with van der Waals surface area (Å²) in [5.41, 5.74) is 1.82. The van der Waals surface area contributed by atoms with Crippen LogP contribution in [0.2, 0.25) is 5.02 Å². The van der Waals surface area contributed by atoms with Gasteiger partial charge in [0.15, 0.2) is 0 Å². The van der Waals surface area contributed by atoms with E-state index < -0.39 is 0 Å². The van der Waals surface area contributed by atoms with E-state index in [1.807, 2.05) is 24.3 Å². The second kappa shape index (κ2) is 6.54. The van der Waals surface area contributed by atoms with Crippen LogP contribution in [0.3, 0.4) is 0 Å². The molecule has 112 valence electrons. The number of hydrogen-bond acceptors (Lipinski definition) is 3. The predicted molar refractivity (Wildman–Crippen MR) is 84.6 cm³/mol. The number of rotatable bonds is 4. The van der Waals surface area contributed by atoms with Crippen molar-refractivity contribution in [3.8, 4) is 5.75 Å². The van der Waals surface area contributed by atoms with Crippen LogP contribution < -0.4 is 10.1 Å². The van der Waals surface area contributed by atoms with Gasteiger partial charge in [-0.05, 0) is 42.0 Å². The predicted octanol–water partition coefficient (Wildman–Crippen LogP) is 3.58. The van der Waals surface area contributed by atoms with Gasteiger partial charge in [0.25, 0.3) is 0 Å². The number of nitrogens with one attached hydrogen (secondary N) is 1. The Bertz CT molecular complexity index is 732. The molecule has 2 aromatic rings. The van der Waals surface area contributed by atoms with Crippen molar-refractivity contribution in [2.75, 3.05) is 6.61 Å². The number of benzene rings is 1. The SMILES string of the molecule is O=C(/C=C/C1=Cc2cc(Cl)ccc2OC1)NCc1ccco1. The Labute approximate surface area is 133 Å². The number of carbonyl (C=O) groups is 1. The third-order valence-corrected chi connectivity index (χ3v) is 3.41. The highest BCUT2D eigenvalue weighted by Crippen LogP contribution is 2.29. The lowest BCUT2D eigenvalue weighted by atomic mass is 10.1. The fourth-order valence-corrected chi connectivity index (χ4v) is 2.27. The molecule has 0 spiro atoms. The largest absolute Gasteiger partial charge is 0.488 e. The van der Waals surface area contributed by atoms with Crippen molar-refractivity contribution in [1.29, 1.82) is 0 Å². The third kappa shape index (κ3) is 3.59. The Kier molecular flexibility index (Phi) is 4.30. The van der Waals surface area contributed by atoms with E-state index in [0.29, 0.717) is 23.9 Å². The molecule has 0 atom stereocenters. The van der Waals surface area contributed by atoms with Gasteiger partial charge in [0.2, 0.25) is 5.91 Å². The summed E-state index contributed by atoms with van der Waals surface area (Å²) in [7, 11) is 0. The molecule has 0 radical (unpaired) electrons. The normalized spacial score (nSPS) is 13.4. The first kappa shape index (κ1) is 14.5. The number of ether oxygens (including phenoxy) is 1. The maximum Gasteiger partial charge on any atom is 0.244 e. The van der Waals surface area contributed by atoms with Crippen molar-refractivity contribution in [3.05, 3.63) is 70.7 Å². The number of halogens is 1. The zero-order valence-electron chi connectivity index (χ0n) is 11.7. The Morgan fingerprint density at radius 3 is 3.09 bits per heavy atom. The van der Waals surface area contributed by atoms with Gasteiger partial charge in [0.1, 0.15) is 18.1 Å². The highest BCUT2D eigenvalue weighted by Gasteiger charge is 2.10. The number of fused-ring (bicyclic) bond motifs is 1. The van der Waals surface area contributed by atoms with Gasteiger partial charge in [-0.2, -0.15) is 0 Å². The van der Waals surface area contributed by atoms with E-state index in [4.69, 9.17) is 20.8 Å². The van der Waals surface area contributed by atoms with E-state index in [1.165, 1.54) is 6.08 Å². The summed E-state index contributed by atoms with van der Waals surface area (Å²) in [5, 5.41) is 3.40. The molecule has 1 amide bonds. The van der Waals surface area contributed by atoms with Gasteiger partial charge in [-0.1, -0.05) is 17.7 Å². The molecule has 1 aliphatic rings. The van der Waals surface area contributed by atoms with E-state index in [2.05, 4.69) is 5.32 Å². The Morgan fingerprint density at radius 1 is 1.36 bits per heavy atom. The smallest absolute Gasteiger partial charge is 0.244 e. The minimum absolute atomic E-state index is 0.186. The molecule has 5 heteroatoms. The molecule has 1 aliphatic heterocycles.